The molecule has 1 N–H and O–H groups in total. The summed E-state index contributed by atoms with van der Waals surface area (Å²) in [5, 5.41) is 2.74. The molecule has 1 aliphatic rings. The van der Waals surface area contributed by atoms with Crippen LogP contribution in [0.4, 0.5) is 5.69 Å². The number of rotatable bonds is 6. The average Bonchev–Trinajstić information content (AvgIpc) is 3.11. The number of carbonyl (C=O) groups is 2. The lowest BCUT2D eigenvalue weighted by Crippen LogP contribution is -2.29. The molecule has 2 atom stereocenters. The number of nitrogens with one attached hydrogen (secondary N) is 1. The molecule has 1 heterocycles. The van der Waals surface area contributed by atoms with E-state index in [0.29, 0.717) is 22.2 Å². The molecule has 0 spiro atoms. The molecule has 3 rings (SSSR count). The summed E-state index contributed by atoms with van der Waals surface area (Å²) < 4.78 is 10.6. The van der Waals surface area contributed by atoms with Crippen LogP contribution in [-0.2, 0) is 22.4 Å². The summed E-state index contributed by atoms with van der Waals surface area (Å²) in [6, 6.07) is 9.05. The van der Waals surface area contributed by atoms with Gasteiger partial charge < -0.3 is 14.8 Å². The van der Waals surface area contributed by atoms with Crippen LogP contribution in [0.5, 0.6) is 5.75 Å². The SMILES string of the molecule is CC[C@H]1CCc2sc(C(=O)O[C@@H](C)C(=O)Nc3ccccc3OC)cc2C1. The third-order valence-corrected chi connectivity index (χ3v) is 6.20. The van der Waals surface area contributed by atoms with E-state index in [0.717, 1.165) is 19.3 Å². The van der Waals surface area contributed by atoms with Gasteiger partial charge in [0.2, 0.25) is 0 Å². The quantitative estimate of drug-likeness (QED) is 0.744. The van der Waals surface area contributed by atoms with Crippen LogP contribution in [0, 0.1) is 5.92 Å². The summed E-state index contributed by atoms with van der Waals surface area (Å²) in [4.78, 5) is 26.7. The zero-order valence-electron chi connectivity index (χ0n) is 15.9. The number of esters is 1. The van der Waals surface area contributed by atoms with Crippen molar-refractivity contribution in [2.75, 3.05) is 12.4 Å². The minimum atomic E-state index is -0.898. The molecule has 0 saturated carbocycles. The fourth-order valence-electron chi connectivity index (χ4n) is 3.30. The molecule has 0 fully saturated rings. The molecule has 0 bridgehead atoms. The normalized spacial score (nSPS) is 16.9. The Labute approximate surface area is 163 Å². The minimum Gasteiger partial charge on any atom is -0.495 e. The van der Waals surface area contributed by atoms with Crippen molar-refractivity contribution in [1.29, 1.82) is 0 Å². The number of thiophene rings is 1. The van der Waals surface area contributed by atoms with E-state index >= 15 is 0 Å². The van der Waals surface area contributed by atoms with Gasteiger partial charge >= 0.3 is 5.97 Å². The molecular formula is C21H25NO4S. The molecule has 6 heteroatoms. The van der Waals surface area contributed by atoms with Crippen LogP contribution in [0.15, 0.2) is 30.3 Å². The standard InChI is InChI=1S/C21H25NO4S/c1-4-14-9-10-18-15(11-14)12-19(27-18)21(24)26-13(2)20(23)22-16-7-5-6-8-17(16)25-3/h5-8,12-14H,4,9-11H2,1-3H3,(H,22,23)/t13-,14-/m0/s1. The number of fused-ring (bicyclic) bond motifs is 1. The lowest BCUT2D eigenvalue weighted by molar-refractivity contribution is -0.123. The molecule has 27 heavy (non-hydrogen) atoms. The molecule has 1 amide bonds. The van der Waals surface area contributed by atoms with Crippen molar-refractivity contribution in [2.24, 2.45) is 5.92 Å². The maximum absolute atomic E-state index is 12.5. The van der Waals surface area contributed by atoms with Gasteiger partial charge in [0.1, 0.15) is 10.6 Å². The predicted molar refractivity (Wildman–Crippen MR) is 107 cm³/mol. The van der Waals surface area contributed by atoms with E-state index in [1.165, 1.54) is 35.3 Å². The molecule has 1 aromatic heterocycles. The Balaban J connectivity index is 1.62. The number of methoxy groups -OCH3 is 1. The summed E-state index contributed by atoms with van der Waals surface area (Å²) in [5.41, 5.74) is 1.81. The summed E-state index contributed by atoms with van der Waals surface area (Å²) in [5.74, 6) is 0.424. The molecule has 0 unspecified atom stereocenters. The molecule has 144 valence electrons. The van der Waals surface area contributed by atoms with Crippen LogP contribution < -0.4 is 10.1 Å². The van der Waals surface area contributed by atoms with Crippen LogP contribution in [0.3, 0.4) is 0 Å². The molecule has 2 aromatic rings. The first-order valence-corrected chi connectivity index (χ1v) is 10.1. The second-order valence-electron chi connectivity index (χ2n) is 6.81. The first-order valence-electron chi connectivity index (χ1n) is 9.28. The Morgan fingerprint density at radius 2 is 2.11 bits per heavy atom. The summed E-state index contributed by atoms with van der Waals surface area (Å²) in [7, 11) is 1.54. The average molecular weight is 388 g/mol. The Bertz CT molecular complexity index is 829. The van der Waals surface area contributed by atoms with Crippen LogP contribution in [0.1, 0.15) is 46.8 Å². The van der Waals surface area contributed by atoms with Crippen LogP contribution in [-0.4, -0.2) is 25.1 Å². The number of para-hydroxylation sites is 2. The maximum Gasteiger partial charge on any atom is 0.349 e. The number of aryl methyl sites for hydroxylation is 1. The van der Waals surface area contributed by atoms with Crippen LogP contribution >= 0.6 is 11.3 Å². The molecule has 0 aliphatic heterocycles. The van der Waals surface area contributed by atoms with Gasteiger partial charge in [-0.1, -0.05) is 25.5 Å². The maximum atomic E-state index is 12.5. The van der Waals surface area contributed by atoms with Crippen molar-refractivity contribution in [2.45, 2.75) is 45.6 Å². The van der Waals surface area contributed by atoms with Gasteiger partial charge in [-0.25, -0.2) is 4.79 Å². The van der Waals surface area contributed by atoms with Crippen molar-refractivity contribution in [1.82, 2.24) is 0 Å². The van der Waals surface area contributed by atoms with E-state index in [-0.39, 0.29) is 5.91 Å². The van der Waals surface area contributed by atoms with Gasteiger partial charge in [-0.3, -0.25) is 4.79 Å². The molecular weight excluding hydrogens is 362 g/mol. The number of ether oxygens (including phenoxy) is 2. The van der Waals surface area contributed by atoms with Gasteiger partial charge in [-0.05, 0) is 55.9 Å². The van der Waals surface area contributed by atoms with E-state index in [2.05, 4.69) is 12.2 Å². The molecule has 0 saturated heterocycles. The fraction of sp³-hybridized carbons (Fsp3) is 0.429. The predicted octanol–water partition coefficient (Wildman–Crippen LogP) is 4.46. The van der Waals surface area contributed by atoms with Gasteiger partial charge in [-0.2, -0.15) is 0 Å². The van der Waals surface area contributed by atoms with Crippen molar-refractivity contribution >= 4 is 28.9 Å². The van der Waals surface area contributed by atoms with Gasteiger partial charge in [-0.15, -0.1) is 11.3 Å². The van der Waals surface area contributed by atoms with Crippen molar-refractivity contribution in [3.63, 3.8) is 0 Å². The van der Waals surface area contributed by atoms with Crippen LogP contribution in [0.25, 0.3) is 0 Å². The third kappa shape index (κ3) is 4.50. The lowest BCUT2D eigenvalue weighted by Gasteiger charge is -2.19. The van der Waals surface area contributed by atoms with Gasteiger partial charge in [0.05, 0.1) is 12.8 Å². The monoisotopic (exact) mass is 387 g/mol. The highest BCUT2D eigenvalue weighted by Crippen LogP contribution is 2.34. The zero-order chi connectivity index (χ0) is 19.4. The highest BCUT2D eigenvalue weighted by Gasteiger charge is 2.25. The Hall–Kier alpha value is -2.34. The van der Waals surface area contributed by atoms with Crippen molar-refractivity contribution < 1.29 is 19.1 Å². The first kappa shape index (κ1) is 19.4. The zero-order valence-corrected chi connectivity index (χ0v) is 16.7. The second kappa shape index (κ2) is 8.57. The summed E-state index contributed by atoms with van der Waals surface area (Å²) >= 11 is 1.49. The number of amides is 1. The molecule has 1 aliphatic carbocycles. The summed E-state index contributed by atoms with van der Waals surface area (Å²) in [6.07, 6.45) is 3.49. The number of hydrogen-bond acceptors (Lipinski definition) is 5. The van der Waals surface area contributed by atoms with Gasteiger partial charge in [0, 0.05) is 4.88 Å². The minimum absolute atomic E-state index is 0.389. The largest absolute Gasteiger partial charge is 0.495 e. The van der Waals surface area contributed by atoms with E-state index in [9.17, 15) is 9.59 Å². The van der Waals surface area contributed by atoms with E-state index in [4.69, 9.17) is 9.47 Å². The van der Waals surface area contributed by atoms with Gasteiger partial charge in [0.15, 0.2) is 6.10 Å². The Kier molecular flexibility index (Phi) is 6.16. The number of benzene rings is 1. The smallest absolute Gasteiger partial charge is 0.349 e. The Morgan fingerprint density at radius 1 is 1.33 bits per heavy atom. The van der Waals surface area contributed by atoms with E-state index in [1.807, 2.05) is 12.1 Å². The Morgan fingerprint density at radius 3 is 2.85 bits per heavy atom. The van der Waals surface area contributed by atoms with E-state index in [1.54, 1.807) is 25.1 Å². The lowest BCUT2D eigenvalue weighted by atomic mass is 9.87. The third-order valence-electron chi connectivity index (χ3n) is 4.98. The first-order chi connectivity index (χ1) is 13.0. The molecule has 0 radical (unpaired) electrons. The highest BCUT2D eigenvalue weighted by atomic mass is 32.1. The highest BCUT2D eigenvalue weighted by molar-refractivity contribution is 7.14. The van der Waals surface area contributed by atoms with Crippen molar-refractivity contribution in [3.8, 4) is 5.75 Å². The number of hydrogen-bond donors (Lipinski definition) is 1. The fourth-order valence-corrected chi connectivity index (χ4v) is 4.39. The van der Waals surface area contributed by atoms with Gasteiger partial charge in [0.25, 0.3) is 5.91 Å². The number of anilines is 1. The molecule has 5 nitrogen and oxygen atoms in total. The number of carbonyl (C=O) groups excluding carboxylic acids is 2. The van der Waals surface area contributed by atoms with E-state index < -0.39 is 12.1 Å². The summed E-state index contributed by atoms with van der Waals surface area (Å²) in [6.45, 7) is 3.78. The van der Waals surface area contributed by atoms with Crippen LogP contribution in [0.2, 0.25) is 0 Å². The second-order valence-corrected chi connectivity index (χ2v) is 7.95. The topological polar surface area (TPSA) is 64.6 Å². The molecule has 1 aromatic carbocycles. The van der Waals surface area contributed by atoms with Crippen molar-refractivity contribution in [3.05, 3.63) is 45.6 Å².